The summed E-state index contributed by atoms with van der Waals surface area (Å²) in [4.78, 5) is 33.1. The molecule has 0 aliphatic rings. The molecule has 10 aromatic rings. The van der Waals surface area contributed by atoms with Crippen molar-refractivity contribution in [2.45, 2.75) is 0 Å². The van der Waals surface area contributed by atoms with E-state index in [2.05, 4.69) is 78.3 Å². The lowest BCUT2D eigenvalue weighted by molar-refractivity contribution is 1.17. The normalized spacial score (nSPS) is 10.8. The van der Waals surface area contributed by atoms with Crippen LogP contribution in [-0.2, 0) is 0 Å². The number of para-hydroxylation sites is 4. The summed E-state index contributed by atoms with van der Waals surface area (Å²) >= 11 is 0. The molecule has 0 radical (unpaired) electrons. The van der Waals surface area contributed by atoms with E-state index in [4.69, 9.17) is 9.97 Å². The molecule has 0 atom stereocenters. The molecule has 64 heavy (non-hydrogen) atoms. The summed E-state index contributed by atoms with van der Waals surface area (Å²) in [5.41, 5.74) is 8.08. The van der Waals surface area contributed by atoms with Gasteiger partial charge in [-0.25, -0.2) is 29.9 Å². The van der Waals surface area contributed by atoms with Gasteiger partial charge in [-0.2, -0.15) is 21.0 Å². The van der Waals surface area contributed by atoms with Crippen LogP contribution in [0.5, 0.6) is 0 Å². The third kappa shape index (κ3) is 6.74. The zero-order valence-electron chi connectivity index (χ0n) is 33.5. The van der Waals surface area contributed by atoms with Crippen LogP contribution < -0.4 is 9.80 Å². The van der Waals surface area contributed by atoms with Gasteiger partial charge in [0.2, 0.25) is 0 Å². The van der Waals surface area contributed by atoms with E-state index in [0.717, 1.165) is 34.1 Å². The molecule has 0 saturated carbocycles. The largest absolute Gasteiger partial charge is 0.311 e. The van der Waals surface area contributed by atoms with Crippen LogP contribution in [0.3, 0.4) is 0 Å². The van der Waals surface area contributed by atoms with Gasteiger partial charge in [0.05, 0.1) is 11.4 Å². The number of nitriles is 4. The Morgan fingerprint density at radius 2 is 0.484 bits per heavy atom. The van der Waals surface area contributed by atoms with Crippen molar-refractivity contribution in [1.29, 1.82) is 21.0 Å². The number of rotatable bonds is 8. The number of aromatic nitrogens is 6. The van der Waals surface area contributed by atoms with E-state index in [0.29, 0.717) is 22.5 Å². The van der Waals surface area contributed by atoms with E-state index in [9.17, 15) is 21.0 Å². The van der Waals surface area contributed by atoms with Crippen LogP contribution in [0, 0.1) is 45.3 Å². The van der Waals surface area contributed by atoms with Gasteiger partial charge < -0.3 is 9.80 Å². The minimum Gasteiger partial charge on any atom is -0.311 e. The zero-order chi connectivity index (χ0) is 43.6. The SMILES string of the molecule is N#Cc1nc2c3nc(C#N)c(C#N)nc3c3nc(-c4ccc(N(c5ccccc5)c5ccccc5)cc4)c(-c4ccc(N(c5ccccc5)c5ccccc5)cc4)nc3c2nc1C#N. The van der Waals surface area contributed by atoms with Crippen LogP contribution in [0.25, 0.3) is 55.6 Å². The molecule has 0 saturated heterocycles. The third-order valence-electron chi connectivity index (χ3n) is 10.6. The molecule has 7 aromatic carbocycles. The van der Waals surface area contributed by atoms with Crippen molar-refractivity contribution in [1.82, 2.24) is 29.9 Å². The van der Waals surface area contributed by atoms with Crippen LogP contribution in [-0.4, -0.2) is 29.9 Å². The minimum atomic E-state index is -0.234. The van der Waals surface area contributed by atoms with Crippen LogP contribution >= 0.6 is 0 Å². The van der Waals surface area contributed by atoms with Crippen molar-refractivity contribution in [3.8, 4) is 46.8 Å². The molecule has 3 heterocycles. The lowest BCUT2D eigenvalue weighted by Crippen LogP contribution is -2.10. The second kappa shape index (κ2) is 16.3. The highest BCUT2D eigenvalue weighted by molar-refractivity contribution is 6.19. The van der Waals surface area contributed by atoms with Crippen molar-refractivity contribution >= 4 is 67.2 Å². The third-order valence-corrected chi connectivity index (χ3v) is 10.6. The molecule has 12 heteroatoms. The molecule has 0 amide bonds. The minimum absolute atomic E-state index is 0.0857. The van der Waals surface area contributed by atoms with E-state index in [1.54, 1.807) is 0 Å². The molecular weight excluding hydrogens is 793 g/mol. The molecule has 0 aliphatic heterocycles. The molecule has 12 nitrogen and oxygen atoms in total. The number of fused-ring (bicyclic) bond motifs is 6. The van der Waals surface area contributed by atoms with Gasteiger partial charge in [-0.1, -0.05) is 97.1 Å². The number of benzene rings is 7. The zero-order valence-corrected chi connectivity index (χ0v) is 33.5. The summed E-state index contributed by atoms with van der Waals surface area (Å²) in [5, 5.41) is 40.0. The Labute approximate surface area is 366 Å². The molecule has 0 unspecified atom stereocenters. The Morgan fingerprint density at radius 1 is 0.266 bits per heavy atom. The van der Waals surface area contributed by atoms with Crippen molar-refractivity contribution < 1.29 is 0 Å². The summed E-state index contributed by atoms with van der Waals surface area (Å²) in [6.07, 6.45) is 0. The van der Waals surface area contributed by atoms with Crippen molar-refractivity contribution in [3.63, 3.8) is 0 Å². The smallest absolute Gasteiger partial charge is 0.177 e. The average molecular weight is 821 g/mol. The van der Waals surface area contributed by atoms with E-state index < -0.39 is 0 Å². The lowest BCUT2D eigenvalue weighted by atomic mass is 10.0. The van der Waals surface area contributed by atoms with E-state index in [1.807, 2.05) is 146 Å². The van der Waals surface area contributed by atoms with Gasteiger partial charge in [-0.3, -0.25) is 0 Å². The number of nitrogens with zero attached hydrogens (tertiary/aromatic N) is 12. The maximum Gasteiger partial charge on any atom is 0.177 e. The molecule has 296 valence electrons. The topological polar surface area (TPSA) is 179 Å². The fourth-order valence-corrected chi connectivity index (χ4v) is 7.75. The second-order valence-electron chi connectivity index (χ2n) is 14.4. The van der Waals surface area contributed by atoms with Crippen molar-refractivity contribution in [2.24, 2.45) is 0 Å². The molecule has 0 aliphatic carbocycles. The molecule has 0 N–H and O–H groups in total. The van der Waals surface area contributed by atoms with Crippen LogP contribution in [0.4, 0.5) is 34.1 Å². The summed E-state index contributed by atoms with van der Waals surface area (Å²) in [5.74, 6) is 0. The van der Waals surface area contributed by atoms with Gasteiger partial charge in [0.15, 0.2) is 22.8 Å². The monoisotopic (exact) mass is 820 g/mol. The highest BCUT2D eigenvalue weighted by atomic mass is 15.1. The van der Waals surface area contributed by atoms with Crippen molar-refractivity contribution in [2.75, 3.05) is 9.80 Å². The van der Waals surface area contributed by atoms with Crippen LogP contribution in [0.15, 0.2) is 170 Å². The first-order valence-corrected chi connectivity index (χ1v) is 20.0. The number of anilines is 6. The number of hydrogen-bond donors (Lipinski definition) is 0. The van der Waals surface area contributed by atoms with Gasteiger partial charge in [0.25, 0.3) is 0 Å². The fourth-order valence-electron chi connectivity index (χ4n) is 7.75. The Bertz CT molecular complexity index is 3260. The van der Waals surface area contributed by atoms with E-state index in [-0.39, 0.29) is 55.9 Å². The Hall–Kier alpha value is -9.88. The summed E-state index contributed by atoms with van der Waals surface area (Å²) in [6.45, 7) is 0. The summed E-state index contributed by atoms with van der Waals surface area (Å²) in [7, 11) is 0. The van der Waals surface area contributed by atoms with Gasteiger partial charge in [0.1, 0.15) is 57.4 Å². The number of hydrogen-bond acceptors (Lipinski definition) is 12. The summed E-state index contributed by atoms with van der Waals surface area (Å²) < 4.78 is 0. The van der Waals surface area contributed by atoms with Crippen molar-refractivity contribution in [3.05, 3.63) is 193 Å². The molecule has 0 bridgehead atoms. The average Bonchev–Trinajstić information content (AvgIpc) is 3.37. The molecule has 0 spiro atoms. The van der Waals surface area contributed by atoms with Gasteiger partial charge >= 0.3 is 0 Å². The quantitative estimate of drug-likeness (QED) is 0.133. The Balaban J connectivity index is 1.23. The summed E-state index contributed by atoms with van der Waals surface area (Å²) in [6, 6.07) is 64.2. The highest BCUT2D eigenvalue weighted by Crippen LogP contribution is 2.41. The molecule has 3 aromatic heterocycles. The predicted molar refractivity (Wildman–Crippen MR) is 245 cm³/mol. The first kappa shape index (κ1) is 38.3. The van der Waals surface area contributed by atoms with Gasteiger partial charge in [-0.15, -0.1) is 0 Å². The Kier molecular flexibility index (Phi) is 9.76. The first-order valence-electron chi connectivity index (χ1n) is 20.0. The van der Waals surface area contributed by atoms with Gasteiger partial charge in [0, 0.05) is 45.3 Å². The predicted octanol–water partition coefficient (Wildman–Crippen LogP) is 11.3. The molecular formula is C52H28N12. The molecule has 10 rings (SSSR count). The maximum atomic E-state index is 10.1. The van der Waals surface area contributed by atoms with Crippen LogP contribution in [0.2, 0.25) is 0 Å². The fraction of sp³-hybridized carbons (Fsp3) is 0. The maximum absolute atomic E-state index is 10.1. The van der Waals surface area contributed by atoms with E-state index >= 15 is 0 Å². The van der Waals surface area contributed by atoms with E-state index in [1.165, 1.54) is 0 Å². The van der Waals surface area contributed by atoms with Crippen LogP contribution in [0.1, 0.15) is 22.8 Å². The Morgan fingerprint density at radius 3 is 0.719 bits per heavy atom. The van der Waals surface area contributed by atoms with Gasteiger partial charge in [-0.05, 0) is 72.8 Å². The molecule has 0 fully saturated rings. The lowest BCUT2D eigenvalue weighted by Gasteiger charge is -2.26. The standard InChI is InChI=1S/C52H28N12/c53-29-41-43(31-55)59-49-47(57-41)48-50(60-44(32-56)42(30-54)58-48)52-51(49)61-45(33-21-25-39(26-22-33)63(35-13-5-1-6-14-35)36-15-7-2-8-16-36)46(62-52)34-23-27-40(28-24-34)64(37-17-9-3-10-18-37)38-19-11-4-12-20-38/h1-28H. The highest BCUT2D eigenvalue weighted by Gasteiger charge is 2.25. The first-order chi connectivity index (χ1) is 31.6. The second-order valence-corrected chi connectivity index (χ2v) is 14.4.